The smallest absolute Gasteiger partial charge is 0.164 e. The number of ether oxygens (including phenoxy) is 1. The minimum atomic E-state index is -0.443. The number of ketones is 1. The van der Waals surface area contributed by atoms with Gasteiger partial charge in [-0.15, -0.1) is 0 Å². The molecule has 1 fully saturated rings. The zero-order chi connectivity index (χ0) is 12.9. The van der Waals surface area contributed by atoms with Crippen molar-refractivity contribution >= 4 is 5.78 Å². The van der Waals surface area contributed by atoms with Crippen molar-refractivity contribution in [2.75, 3.05) is 6.61 Å². The van der Waals surface area contributed by atoms with Crippen molar-refractivity contribution in [2.45, 2.75) is 71.8 Å². The van der Waals surface area contributed by atoms with Crippen LogP contribution in [0.3, 0.4) is 0 Å². The molecule has 0 spiro atoms. The molecule has 0 aromatic carbocycles. The van der Waals surface area contributed by atoms with Crippen LogP contribution in [0, 0.1) is 11.8 Å². The Labute approximate surface area is 106 Å². The van der Waals surface area contributed by atoms with Gasteiger partial charge in [0.25, 0.3) is 0 Å². The van der Waals surface area contributed by atoms with Gasteiger partial charge in [0.2, 0.25) is 0 Å². The molecule has 0 amide bonds. The second kappa shape index (κ2) is 6.53. The first-order valence-electron chi connectivity index (χ1n) is 7.17. The molecule has 0 aliphatic heterocycles. The first kappa shape index (κ1) is 14.7. The predicted molar refractivity (Wildman–Crippen MR) is 71.1 cm³/mol. The van der Waals surface area contributed by atoms with Gasteiger partial charge in [-0.1, -0.05) is 27.2 Å². The molecule has 0 aromatic heterocycles. The summed E-state index contributed by atoms with van der Waals surface area (Å²) in [6.07, 6.45) is 5.91. The van der Waals surface area contributed by atoms with E-state index in [-0.39, 0.29) is 0 Å². The van der Waals surface area contributed by atoms with Crippen LogP contribution in [0.15, 0.2) is 0 Å². The molecule has 0 aromatic rings. The highest BCUT2D eigenvalue weighted by atomic mass is 16.5. The van der Waals surface area contributed by atoms with Gasteiger partial charge in [0.05, 0.1) is 0 Å². The van der Waals surface area contributed by atoms with Gasteiger partial charge in [-0.2, -0.15) is 0 Å². The third-order valence-electron chi connectivity index (χ3n) is 3.83. The Bertz CT molecular complexity index is 243. The summed E-state index contributed by atoms with van der Waals surface area (Å²) < 4.78 is 5.89. The van der Waals surface area contributed by atoms with Crippen molar-refractivity contribution in [1.82, 2.24) is 0 Å². The Hall–Kier alpha value is -0.370. The Morgan fingerprint density at radius 3 is 2.71 bits per heavy atom. The van der Waals surface area contributed by atoms with Crippen LogP contribution in [0.4, 0.5) is 0 Å². The lowest BCUT2D eigenvalue weighted by molar-refractivity contribution is -0.151. The van der Waals surface area contributed by atoms with Gasteiger partial charge in [0, 0.05) is 13.0 Å². The summed E-state index contributed by atoms with van der Waals surface area (Å²) in [5.41, 5.74) is -0.443. The van der Waals surface area contributed by atoms with Crippen LogP contribution in [0.5, 0.6) is 0 Å². The molecule has 0 radical (unpaired) electrons. The van der Waals surface area contributed by atoms with E-state index in [0.29, 0.717) is 30.6 Å². The SMILES string of the molecule is CCOC1(C(=O)CCC(C)C)CCCC(C)C1. The third-order valence-corrected chi connectivity index (χ3v) is 3.83. The average molecular weight is 240 g/mol. The molecular formula is C15H28O2. The Morgan fingerprint density at radius 2 is 2.18 bits per heavy atom. The molecule has 1 aliphatic carbocycles. The normalized spacial score (nSPS) is 29.6. The zero-order valence-corrected chi connectivity index (χ0v) is 11.9. The molecule has 1 rings (SSSR count). The average Bonchev–Trinajstić information content (AvgIpc) is 2.26. The molecule has 1 aliphatic rings. The van der Waals surface area contributed by atoms with E-state index < -0.39 is 5.60 Å². The molecule has 0 bridgehead atoms. The van der Waals surface area contributed by atoms with Crippen LogP contribution >= 0.6 is 0 Å². The molecule has 17 heavy (non-hydrogen) atoms. The highest BCUT2D eigenvalue weighted by molar-refractivity contribution is 5.87. The fraction of sp³-hybridized carbons (Fsp3) is 0.933. The monoisotopic (exact) mass is 240 g/mol. The Kier molecular flexibility index (Phi) is 5.64. The highest BCUT2D eigenvalue weighted by Gasteiger charge is 2.41. The van der Waals surface area contributed by atoms with E-state index >= 15 is 0 Å². The molecule has 2 atom stereocenters. The molecule has 0 heterocycles. The van der Waals surface area contributed by atoms with Crippen LogP contribution in [-0.2, 0) is 9.53 Å². The Balaban J connectivity index is 2.65. The molecule has 0 saturated heterocycles. The van der Waals surface area contributed by atoms with Gasteiger partial charge in [0.15, 0.2) is 5.78 Å². The van der Waals surface area contributed by atoms with Crippen molar-refractivity contribution < 1.29 is 9.53 Å². The number of Topliss-reactive ketones (excluding diaryl/α,β-unsaturated/α-hetero) is 1. The van der Waals surface area contributed by atoms with Crippen molar-refractivity contribution in [3.05, 3.63) is 0 Å². The summed E-state index contributed by atoms with van der Waals surface area (Å²) >= 11 is 0. The minimum absolute atomic E-state index is 0.347. The van der Waals surface area contributed by atoms with Crippen LogP contribution in [0.25, 0.3) is 0 Å². The maximum absolute atomic E-state index is 12.4. The fourth-order valence-corrected chi connectivity index (χ4v) is 2.89. The fourth-order valence-electron chi connectivity index (χ4n) is 2.89. The largest absolute Gasteiger partial charge is 0.367 e. The number of carbonyl (C=O) groups is 1. The van der Waals surface area contributed by atoms with Gasteiger partial charge in [-0.3, -0.25) is 4.79 Å². The number of hydrogen-bond donors (Lipinski definition) is 0. The first-order chi connectivity index (χ1) is 8.00. The molecule has 0 N–H and O–H groups in total. The summed E-state index contributed by atoms with van der Waals surface area (Å²) in [4.78, 5) is 12.4. The lowest BCUT2D eigenvalue weighted by Crippen LogP contribution is -2.45. The van der Waals surface area contributed by atoms with Crippen molar-refractivity contribution in [1.29, 1.82) is 0 Å². The zero-order valence-electron chi connectivity index (χ0n) is 11.9. The summed E-state index contributed by atoms with van der Waals surface area (Å²) in [7, 11) is 0. The van der Waals surface area contributed by atoms with E-state index in [1.165, 1.54) is 6.42 Å². The van der Waals surface area contributed by atoms with E-state index in [2.05, 4.69) is 20.8 Å². The second-order valence-corrected chi connectivity index (χ2v) is 5.98. The summed E-state index contributed by atoms with van der Waals surface area (Å²) in [5, 5.41) is 0. The van der Waals surface area contributed by atoms with Crippen molar-refractivity contribution in [3.8, 4) is 0 Å². The van der Waals surface area contributed by atoms with Gasteiger partial charge in [0.1, 0.15) is 5.60 Å². The van der Waals surface area contributed by atoms with Crippen LogP contribution in [0.2, 0.25) is 0 Å². The van der Waals surface area contributed by atoms with E-state index in [4.69, 9.17) is 4.74 Å². The van der Waals surface area contributed by atoms with E-state index in [9.17, 15) is 4.79 Å². The molecule has 100 valence electrons. The summed E-state index contributed by atoms with van der Waals surface area (Å²) in [5.74, 6) is 1.57. The van der Waals surface area contributed by atoms with Crippen LogP contribution < -0.4 is 0 Å². The Morgan fingerprint density at radius 1 is 1.47 bits per heavy atom. The van der Waals surface area contributed by atoms with Crippen LogP contribution in [-0.4, -0.2) is 18.0 Å². The molecule has 2 nitrogen and oxygen atoms in total. The van der Waals surface area contributed by atoms with Crippen LogP contribution in [0.1, 0.15) is 66.2 Å². The molecule has 2 unspecified atom stereocenters. The first-order valence-corrected chi connectivity index (χ1v) is 7.17. The number of carbonyl (C=O) groups excluding carboxylic acids is 1. The lowest BCUT2D eigenvalue weighted by atomic mass is 9.75. The highest BCUT2D eigenvalue weighted by Crippen LogP contribution is 2.37. The topological polar surface area (TPSA) is 26.3 Å². The van der Waals surface area contributed by atoms with Gasteiger partial charge in [-0.05, 0) is 44.4 Å². The standard InChI is InChI=1S/C15H28O2/c1-5-17-15(10-6-7-13(4)11-15)14(16)9-8-12(2)3/h12-13H,5-11H2,1-4H3. The van der Waals surface area contributed by atoms with E-state index in [0.717, 1.165) is 25.7 Å². The van der Waals surface area contributed by atoms with Crippen molar-refractivity contribution in [2.24, 2.45) is 11.8 Å². The maximum atomic E-state index is 12.4. The van der Waals surface area contributed by atoms with Gasteiger partial charge >= 0.3 is 0 Å². The summed E-state index contributed by atoms with van der Waals surface area (Å²) in [6.45, 7) is 9.23. The van der Waals surface area contributed by atoms with Gasteiger partial charge < -0.3 is 4.74 Å². The summed E-state index contributed by atoms with van der Waals surface area (Å²) in [6, 6.07) is 0. The number of rotatable bonds is 6. The lowest BCUT2D eigenvalue weighted by Gasteiger charge is -2.38. The third kappa shape index (κ3) is 4.09. The molecule has 2 heteroatoms. The maximum Gasteiger partial charge on any atom is 0.164 e. The molecular weight excluding hydrogens is 212 g/mol. The van der Waals surface area contributed by atoms with Crippen molar-refractivity contribution in [3.63, 3.8) is 0 Å². The molecule has 1 saturated carbocycles. The van der Waals surface area contributed by atoms with E-state index in [1.807, 2.05) is 6.92 Å². The minimum Gasteiger partial charge on any atom is -0.367 e. The number of hydrogen-bond acceptors (Lipinski definition) is 2. The second-order valence-electron chi connectivity index (χ2n) is 5.98. The quantitative estimate of drug-likeness (QED) is 0.702. The van der Waals surface area contributed by atoms with E-state index in [1.54, 1.807) is 0 Å². The predicted octanol–water partition coefficient (Wildman–Crippen LogP) is 3.98. The van der Waals surface area contributed by atoms with Gasteiger partial charge in [-0.25, -0.2) is 0 Å².